The number of thiazole rings is 1. The first-order valence-electron chi connectivity index (χ1n) is 9.76. The quantitative estimate of drug-likeness (QED) is 0.318. The molecule has 0 unspecified atom stereocenters. The number of amides is 1. The number of aromatic nitrogens is 1. The van der Waals surface area contributed by atoms with E-state index in [-0.39, 0.29) is 17.2 Å². The molecule has 0 saturated heterocycles. The average molecular weight is 541 g/mol. The Morgan fingerprint density at radius 2 is 1.94 bits per heavy atom. The van der Waals surface area contributed by atoms with Gasteiger partial charge < -0.3 is 0 Å². The number of rotatable bonds is 7. The van der Waals surface area contributed by atoms with Crippen molar-refractivity contribution in [3.63, 3.8) is 0 Å². The zero-order chi connectivity index (χ0) is 25.0. The third kappa shape index (κ3) is 6.30. The highest BCUT2D eigenvalue weighted by Gasteiger charge is 2.31. The van der Waals surface area contributed by atoms with E-state index in [0.717, 1.165) is 35.2 Å². The smallest absolute Gasteiger partial charge is 0.280 e. The Labute approximate surface area is 209 Å². The lowest BCUT2D eigenvalue weighted by atomic mass is 10.1. The lowest BCUT2D eigenvalue weighted by Crippen LogP contribution is -2.41. The minimum atomic E-state index is -4.55. The third-order valence-corrected chi connectivity index (χ3v) is 7.53. The van der Waals surface area contributed by atoms with E-state index >= 15 is 0 Å². The standard InChI is InChI=1S/C20H15F3N6O3S3/c21-20(22,23)13-5-4-8-15(9-13)28(14-6-2-1-3-7-14)16(30)10-25-27-12-33-19(26-27)35-18-24-11-17(34-18)29(31)32/h1-9,11,25H,10,12H2. The van der Waals surface area contributed by atoms with E-state index in [0.29, 0.717) is 20.3 Å². The van der Waals surface area contributed by atoms with Gasteiger partial charge in [-0.3, -0.25) is 19.8 Å². The molecule has 1 amide bonds. The number of halogens is 3. The molecule has 2 heterocycles. The van der Waals surface area contributed by atoms with Crippen molar-refractivity contribution in [2.75, 3.05) is 17.3 Å². The van der Waals surface area contributed by atoms with E-state index in [9.17, 15) is 28.1 Å². The van der Waals surface area contributed by atoms with Crippen molar-refractivity contribution in [2.24, 2.45) is 5.10 Å². The number of hydrazone groups is 1. The molecule has 0 bridgehead atoms. The Balaban J connectivity index is 1.46. The summed E-state index contributed by atoms with van der Waals surface area (Å²) in [6.45, 7) is -0.240. The Hall–Kier alpha value is -3.14. The predicted molar refractivity (Wildman–Crippen MR) is 129 cm³/mol. The van der Waals surface area contributed by atoms with Gasteiger partial charge in [-0.05, 0) is 53.4 Å². The number of nitrogens with one attached hydrogen (secondary N) is 1. The highest BCUT2D eigenvalue weighted by molar-refractivity contribution is 8.39. The van der Waals surface area contributed by atoms with E-state index in [4.69, 9.17) is 0 Å². The second-order valence-electron chi connectivity index (χ2n) is 6.81. The van der Waals surface area contributed by atoms with Crippen molar-refractivity contribution in [2.45, 2.75) is 10.5 Å². The summed E-state index contributed by atoms with van der Waals surface area (Å²) in [4.78, 5) is 28.6. The third-order valence-electron chi connectivity index (χ3n) is 4.45. The van der Waals surface area contributed by atoms with Crippen LogP contribution < -0.4 is 10.3 Å². The van der Waals surface area contributed by atoms with Crippen LogP contribution in [0.5, 0.6) is 0 Å². The topological polar surface area (TPSA) is 104 Å². The lowest BCUT2D eigenvalue weighted by Gasteiger charge is -2.25. The Morgan fingerprint density at radius 3 is 2.63 bits per heavy atom. The van der Waals surface area contributed by atoms with Crippen LogP contribution >= 0.6 is 34.9 Å². The van der Waals surface area contributed by atoms with Crippen molar-refractivity contribution in [1.29, 1.82) is 0 Å². The van der Waals surface area contributed by atoms with E-state index in [1.165, 1.54) is 40.1 Å². The van der Waals surface area contributed by atoms with Crippen LogP contribution in [0.1, 0.15) is 5.56 Å². The molecule has 9 nitrogen and oxygen atoms in total. The second-order valence-corrected chi connectivity index (χ2v) is 10.2. The average Bonchev–Trinajstić information content (AvgIpc) is 3.48. The molecule has 0 aliphatic carbocycles. The van der Waals surface area contributed by atoms with Gasteiger partial charge in [0.25, 0.3) is 0 Å². The molecule has 3 aromatic rings. The molecular weight excluding hydrogens is 525 g/mol. The Bertz CT molecular complexity index is 1260. The minimum absolute atomic E-state index is 0.0766. The van der Waals surface area contributed by atoms with E-state index in [2.05, 4.69) is 15.5 Å². The van der Waals surface area contributed by atoms with Crippen LogP contribution in [0.3, 0.4) is 0 Å². The molecule has 15 heteroatoms. The zero-order valence-corrected chi connectivity index (χ0v) is 20.0. The van der Waals surface area contributed by atoms with Crippen molar-refractivity contribution in [3.05, 3.63) is 76.5 Å². The van der Waals surface area contributed by atoms with Crippen molar-refractivity contribution in [3.8, 4) is 0 Å². The molecule has 1 N–H and O–H groups in total. The number of thioether (sulfide) groups is 2. The van der Waals surface area contributed by atoms with Crippen LogP contribution in [0.4, 0.5) is 29.5 Å². The predicted octanol–water partition coefficient (Wildman–Crippen LogP) is 5.31. The number of carbonyl (C=O) groups excluding carboxylic acids is 1. The van der Waals surface area contributed by atoms with E-state index in [1.54, 1.807) is 30.3 Å². The van der Waals surface area contributed by atoms with Gasteiger partial charge in [-0.25, -0.2) is 15.5 Å². The van der Waals surface area contributed by atoms with Gasteiger partial charge in [-0.15, -0.1) is 5.10 Å². The maximum atomic E-state index is 13.2. The first-order valence-corrected chi connectivity index (χ1v) is 12.4. The summed E-state index contributed by atoms with van der Waals surface area (Å²) < 4.78 is 40.8. The lowest BCUT2D eigenvalue weighted by molar-refractivity contribution is -0.380. The number of benzene rings is 2. The summed E-state index contributed by atoms with van der Waals surface area (Å²) in [7, 11) is 0. The monoisotopic (exact) mass is 540 g/mol. The summed E-state index contributed by atoms with van der Waals surface area (Å²) >= 11 is 3.44. The van der Waals surface area contributed by atoms with Gasteiger partial charge >= 0.3 is 11.2 Å². The number of carbonyl (C=O) groups is 1. The van der Waals surface area contributed by atoms with Crippen LogP contribution in [-0.2, 0) is 11.0 Å². The molecule has 1 aliphatic rings. The van der Waals surface area contributed by atoms with Gasteiger partial charge in [0.05, 0.1) is 17.0 Å². The number of nitrogens with zero attached hydrogens (tertiary/aromatic N) is 5. The molecule has 1 aromatic heterocycles. The maximum absolute atomic E-state index is 13.2. The van der Waals surface area contributed by atoms with Gasteiger partial charge in [0, 0.05) is 11.4 Å². The number of alkyl halides is 3. The fourth-order valence-corrected chi connectivity index (χ4v) is 5.78. The molecule has 0 radical (unpaired) electrons. The molecule has 0 atom stereocenters. The van der Waals surface area contributed by atoms with Crippen LogP contribution in [0.15, 0.2) is 70.2 Å². The fraction of sp³-hybridized carbons (Fsp3) is 0.150. The number of hydrogen-bond acceptors (Lipinski definition) is 10. The van der Waals surface area contributed by atoms with Crippen molar-refractivity contribution >= 4 is 61.5 Å². The summed E-state index contributed by atoms with van der Waals surface area (Å²) in [5.74, 6) is -0.134. The van der Waals surface area contributed by atoms with Crippen molar-refractivity contribution < 1.29 is 22.9 Å². The Morgan fingerprint density at radius 1 is 1.20 bits per heavy atom. The first kappa shape index (κ1) is 25.0. The number of hydrazine groups is 1. The number of nitro groups is 1. The first-order chi connectivity index (χ1) is 16.7. The van der Waals surface area contributed by atoms with Gasteiger partial charge in [-0.2, -0.15) is 13.2 Å². The van der Waals surface area contributed by atoms with Gasteiger partial charge in [0.2, 0.25) is 5.91 Å². The van der Waals surface area contributed by atoms with Crippen LogP contribution in [0.2, 0.25) is 0 Å². The molecule has 2 aromatic carbocycles. The molecule has 0 spiro atoms. The van der Waals surface area contributed by atoms with Crippen LogP contribution in [0, 0.1) is 10.1 Å². The van der Waals surface area contributed by atoms with Gasteiger partial charge in [-0.1, -0.05) is 36.0 Å². The minimum Gasteiger partial charge on any atom is -0.280 e. The zero-order valence-electron chi connectivity index (χ0n) is 17.5. The number of hydrogen-bond donors (Lipinski definition) is 1. The fourth-order valence-electron chi connectivity index (χ4n) is 2.93. The van der Waals surface area contributed by atoms with Crippen LogP contribution in [-0.4, -0.2) is 37.7 Å². The van der Waals surface area contributed by atoms with Gasteiger partial charge in [0.1, 0.15) is 12.1 Å². The van der Waals surface area contributed by atoms with E-state index in [1.807, 2.05) is 0 Å². The highest BCUT2D eigenvalue weighted by atomic mass is 32.2. The SMILES string of the molecule is O=C(CNN1CSC(Sc2ncc([N+](=O)[O-])s2)=N1)N(c1ccccc1)c1cccc(C(F)(F)F)c1. The molecule has 35 heavy (non-hydrogen) atoms. The molecule has 0 fully saturated rings. The summed E-state index contributed by atoms with van der Waals surface area (Å²) in [6, 6.07) is 12.9. The normalized spacial score (nSPS) is 13.6. The molecule has 182 valence electrons. The highest BCUT2D eigenvalue weighted by Crippen LogP contribution is 2.36. The largest absolute Gasteiger partial charge is 0.416 e. The molecular formula is C20H15F3N6O3S3. The van der Waals surface area contributed by atoms with Crippen molar-refractivity contribution in [1.82, 2.24) is 15.5 Å². The van der Waals surface area contributed by atoms with Gasteiger partial charge in [0.15, 0.2) is 8.72 Å². The summed E-state index contributed by atoms with van der Waals surface area (Å²) in [5, 5.41) is 16.4. The molecule has 0 saturated carbocycles. The number of anilines is 2. The van der Waals surface area contributed by atoms with E-state index < -0.39 is 22.6 Å². The van der Waals surface area contributed by atoms with Crippen LogP contribution in [0.25, 0.3) is 0 Å². The summed E-state index contributed by atoms with van der Waals surface area (Å²) in [5.41, 5.74) is 2.50. The second kappa shape index (κ2) is 10.6. The number of para-hydroxylation sites is 1. The summed E-state index contributed by atoms with van der Waals surface area (Å²) in [6.07, 6.45) is -3.37. The molecule has 4 rings (SSSR count). The Kier molecular flexibility index (Phi) is 7.59. The molecule has 1 aliphatic heterocycles. The maximum Gasteiger partial charge on any atom is 0.416 e.